The topological polar surface area (TPSA) is 86.5 Å². The number of nitro benzene ring substituents is 1. The third-order valence-electron chi connectivity index (χ3n) is 3.74. The van der Waals surface area contributed by atoms with Crippen molar-refractivity contribution in [2.24, 2.45) is 0 Å². The van der Waals surface area contributed by atoms with Crippen molar-refractivity contribution >= 4 is 15.5 Å². The molecule has 0 unspecified atom stereocenters. The molecule has 0 radical (unpaired) electrons. The zero-order valence-corrected chi connectivity index (χ0v) is 14.4. The molecule has 0 saturated heterocycles. The molecule has 0 bridgehead atoms. The summed E-state index contributed by atoms with van der Waals surface area (Å²) in [4.78, 5) is 10.6. The van der Waals surface area contributed by atoms with E-state index in [4.69, 9.17) is 4.74 Å². The minimum absolute atomic E-state index is 0.0178. The van der Waals surface area contributed by atoms with Gasteiger partial charge < -0.3 is 4.74 Å². The molecule has 0 spiro atoms. The van der Waals surface area contributed by atoms with E-state index in [1.165, 1.54) is 24.3 Å². The highest BCUT2D eigenvalue weighted by Gasteiger charge is 2.16. The molecule has 0 saturated carbocycles. The fourth-order valence-electron chi connectivity index (χ4n) is 2.33. The van der Waals surface area contributed by atoms with Crippen LogP contribution in [-0.4, -0.2) is 13.3 Å². The molecule has 0 heterocycles. The standard InChI is InChI=1S/C19H15NO5S/c21-20(22)16-8-6-15(7-9-16)14-25-17-10-12-19(13-11-17)26(23,24)18-4-2-1-3-5-18/h1-13H,14H2. The van der Waals surface area contributed by atoms with Crippen molar-refractivity contribution in [3.63, 3.8) is 0 Å². The number of ether oxygens (including phenoxy) is 1. The lowest BCUT2D eigenvalue weighted by molar-refractivity contribution is -0.384. The number of nitro groups is 1. The third kappa shape index (κ3) is 3.89. The molecule has 0 N–H and O–H groups in total. The molecule has 26 heavy (non-hydrogen) atoms. The Balaban J connectivity index is 1.69. The highest BCUT2D eigenvalue weighted by atomic mass is 32.2. The molecule has 3 rings (SSSR count). The number of hydrogen-bond acceptors (Lipinski definition) is 5. The van der Waals surface area contributed by atoms with Gasteiger partial charge in [-0.2, -0.15) is 0 Å². The van der Waals surface area contributed by atoms with Crippen molar-refractivity contribution in [2.75, 3.05) is 0 Å². The van der Waals surface area contributed by atoms with Gasteiger partial charge in [-0.15, -0.1) is 0 Å². The minimum Gasteiger partial charge on any atom is -0.489 e. The summed E-state index contributed by atoms with van der Waals surface area (Å²) in [5, 5.41) is 10.6. The second-order valence-corrected chi connectivity index (χ2v) is 7.45. The molecule has 132 valence electrons. The van der Waals surface area contributed by atoms with Gasteiger partial charge in [0.25, 0.3) is 5.69 Å². The smallest absolute Gasteiger partial charge is 0.269 e. The van der Waals surface area contributed by atoms with Crippen LogP contribution in [0.15, 0.2) is 88.7 Å². The van der Waals surface area contributed by atoms with Gasteiger partial charge in [-0.3, -0.25) is 10.1 Å². The Morgan fingerprint density at radius 1 is 0.808 bits per heavy atom. The molecule has 0 aliphatic rings. The van der Waals surface area contributed by atoms with Gasteiger partial charge in [-0.05, 0) is 54.1 Å². The van der Waals surface area contributed by atoms with Crippen molar-refractivity contribution in [3.05, 3.63) is 94.5 Å². The molecule has 0 fully saturated rings. The quantitative estimate of drug-likeness (QED) is 0.484. The second kappa shape index (κ2) is 7.37. The fourth-order valence-corrected chi connectivity index (χ4v) is 3.61. The summed E-state index contributed by atoms with van der Waals surface area (Å²) < 4.78 is 30.6. The van der Waals surface area contributed by atoms with Gasteiger partial charge in [0, 0.05) is 12.1 Å². The number of sulfone groups is 1. The van der Waals surface area contributed by atoms with E-state index >= 15 is 0 Å². The lowest BCUT2D eigenvalue weighted by Crippen LogP contribution is -2.02. The normalized spacial score (nSPS) is 11.1. The first-order valence-corrected chi connectivity index (χ1v) is 9.21. The van der Waals surface area contributed by atoms with E-state index in [-0.39, 0.29) is 22.1 Å². The van der Waals surface area contributed by atoms with Gasteiger partial charge in [0.15, 0.2) is 0 Å². The average molecular weight is 369 g/mol. The maximum Gasteiger partial charge on any atom is 0.269 e. The van der Waals surface area contributed by atoms with Gasteiger partial charge in [0.1, 0.15) is 12.4 Å². The monoisotopic (exact) mass is 369 g/mol. The summed E-state index contributed by atoms with van der Waals surface area (Å²) >= 11 is 0. The van der Waals surface area contributed by atoms with Crippen LogP contribution in [0.5, 0.6) is 5.75 Å². The minimum atomic E-state index is -3.56. The first kappa shape index (κ1) is 17.6. The largest absolute Gasteiger partial charge is 0.489 e. The van der Waals surface area contributed by atoms with Gasteiger partial charge in [-0.25, -0.2) is 8.42 Å². The van der Waals surface area contributed by atoms with E-state index < -0.39 is 14.8 Å². The molecule has 3 aromatic rings. The van der Waals surface area contributed by atoms with Crippen LogP contribution in [0, 0.1) is 10.1 Å². The summed E-state index contributed by atoms with van der Waals surface area (Å²) in [5.74, 6) is 0.510. The van der Waals surface area contributed by atoms with Crippen molar-refractivity contribution in [1.29, 1.82) is 0 Å². The van der Waals surface area contributed by atoms with Gasteiger partial charge in [0.2, 0.25) is 9.84 Å². The zero-order valence-electron chi connectivity index (χ0n) is 13.6. The van der Waals surface area contributed by atoms with E-state index in [1.807, 2.05) is 0 Å². The third-order valence-corrected chi connectivity index (χ3v) is 5.53. The molecule has 6 nitrogen and oxygen atoms in total. The maximum absolute atomic E-state index is 12.5. The van der Waals surface area contributed by atoms with Crippen LogP contribution in [-0.2, 0) is 16.4 Å². The Bertz CT molecular complexity index is 998. The molecule has 0 aliphatic heterocycles. The predicted molar refractivity (Wildman–Crippen MR) is 95.8 cm³/mol. The van der Waals surface area contributed by atoms with Crippen LogP contribution in [0.25, 0.3) is 0 Å². The molecule has 7 heteroatoms. The number of rotatable bonds is 6. The Morgan fingerprint density at radius 3 is 1.96 bits per heavy atom. The summed E-state index contributed by atoms with van der Waals surface area (Å²) in [6.45, 7) is 0.225. The molecular weight excluding hydrogens is 354 g/mol. The van der Waals surface area contributed by atoms with Crippen molar-refractivity contribution in [1.82, 2.24) is 0 Å². The Labute approximate surface area is 150 Å². The van der Waals surface area contributed by atoms with Gasteiger partial charge in [0.05, 0.1) is 14.7 Å². The molecule has 3 aromatic carbocycles. The molecule has 0 aliphatic carbocycles. The summed E-state index contributed by atoms with van der Waals surface area (Å²) in [6.07, 6.45) is 0. The first-order chi connectivity index (χ1) is 12.5. The van der Waals surface area contributed by atoms with Crippen molar-refractivity contribution in [3.8, 4) is 5.75 Å². The molecular formula is C19H15NO5S. The summed E-state index contributed by atoms with van der Waals surface area (Å²) in [7, 11) is -3.56. The Hall–Kier alpha value is -3.19. The maximum atomic E-state index is 12.5. The lowest BCUT2D eigenvalue weighted by atomic mass is 10.2. The summed E-state index contributed by atoms with van der Waals surface area (Å²) in [5.41, 5.74) is 0.792. The zero-order chi connectivity index (χ0) is 18.6. The van der Waals surface area contributed by atoms with E-state index in [2.05, 4.69) is 0 Å². The summed E-state index contributed by atoms with van der Waals surface area (Å²) in [6, 6.07) is 20.4. The lowest BCUT2D eigenvalue weighted by Gasteiger charge is -2.08. The van der Waals surface area contributed by atoms with Crippen LogP contribution in [0.4, 0.5) is 5.69 Å². The Morgan fingerprint density at radius 2 is 1.38 bits per heavy atom. The SMILES string of the molecule is O=[N+]([O-])c1ccc(COc2ccc(S(=O)(=O)c3ccccc3)cc2)cc1. The van der Waals surface area contributed by atoms with Crippen LogP contribution >= 0.6 is 0 Å². The van der Waals surface area contributed by atoms with Crippen molar-refractivity contribution in [2.45, 2.75) is 16.4 Å². The molecule has 0 amide bonds. The highest BCUT2D eigenvalue weighted by molar-refractivity contribution is 7.91. The number of non-ortho nitro benzene ring substituents is 1. The van der Waals surface area contributed by atoms with E-state index in [1.54, 1.807) is 54.6 Å². The number of nitrogens with zero attached hydrogens (tertiary/aromatic N) is 1. The van der Waals surface area contributed by atoms with Crippen LogP contribution in [0.3, 0.4) is 0 Å². The van der Waals surface area contributed by atoms with Gasteiger partial charge in [-0.1, -0.05) is 18.2 Å². The second-order valence-electron chi connectivity index (χ2n) is 5.50. The first-order valence-electron chi connectivity index (χ1n) is 7.73. The van der Waals surface area contributed by atoms with E-state index in [0.717, 1.165) is 5.56 Å². The molecule has 0 aromatic heterocycles. The van der Waals surface area contributed by atoms with Crippen LogP contribution in [0.1, 0.15) is 5.56 Å². The fraction of sp³-hybridized carbons (Fsp3) is 0.0526. The molecule has 0 atom stereocenters. The predicted octanol–water partition coefficient (Wildman–Crippen LogP) is 4.01. The van der Waals surface area contributed by atoms with E-state index in [9.17, 15) is 18.5 Å². The van der Waals surface area contributed by atoms with Crippen LogP contribution < -0.4 is 4.74 Å². The highest BCUT2D eigenvalue weighted by Crippen LogP contribution is 2.23. The average Bonchev–Trinajstić information content (AvgIpc) is 2.67. The van der Waals surface area contributed by atoms with E-state index in [0.29, 0.717) is 5.75 Å². The number of benzene rings is 3. The van der Waals surface area contributed by atoms with Crippen LogP contribution in [0.2, 0.25) is 0 Å². The number of hydrogen-bond donors (Lipinski definition) is 0. The Kier molecular flexibility index (Phi) is 4.99. The van der Waals surface area contributed by atoms with Crippen molar-refractivity contribution < 1.29 is 18.1 Å². The van der Waals surface area contributed by atoms with Gasteiger partial charge >= 0.3 is 0 Å².